The summed E-state index contributed by atoms with van der Waals surface area (Å²) < 4.78 is 10.6. The molecule has 3 rings (SSSR count). The van der Waals surface area contributed by atoms with E-state index in [0.29, 0.717) is 30.4 Å². The van der Waals surface area contributed by atoms with Gasteiger partial charge < -0.3 is 14.4 Å². The molecule has 3 amide bonds. The van der Waals surface area contributed by atoms with Gasteiger partial charge in [0.1, 0.15) is 5.84 Å². The fourth-order valence-corrected chi connectivity index (χ4v) is 3.60. The topological polar surface area (TPSA) is 74.7 Å². The summed E-state index contributed by atoms with van der Waals surface area (Å²) in [6, 6.07) is 4.83. The summed E-state index contributed by atoms with van der Waals surface area (Å²) in [5, 5.41) is 0. The standard InChI is InChI=1S/C20H26N4O4/c1-6-23-18-17(19(25)24(7-2)20(23)26)22(3)16(21-18)11-9-13-8-10-14(27-4)15(12-13)28-5/h8-12,17-18H,6-7H2,1-5H3. The molecule has 150 valence electrons. The molecule has 1 fully saturated rings. The average Bonchev–Trinajstić information content (AvgIpc) is 3.03. The maximum absolute atomic E-state index is 12.8. The third kappa shape index (κ3) is 3.19. The van der Waals surface area contributed by atoms with Gasteiger partial charge in [-0.15, -0.1) is 0 Å². The fraction of sp³-hybridized carbons (Fsp3) is 0.450. The van der Waals surface area contributed by atoms with Gasteiger partial charge in [0.2, 0.25) is 0 Å². The van der Waals surface area contributed by atoms with Gasteiger partial charge in [0.15, 0.2) is 23.7 Å². The Morgan fingerprint density at radius 1 is 1.07 bits per heavy atom. The van der Waals surface area contributed by atoms with Gasteiger partial charge in [-0.2, -0.15) is 0 Å². The summed E-state index contributed by atoms with van der Waals surface area (Å²) in [7, 11) is 5.01. The van der Waals surface area contributed by atoms with Gasteiger partial charge >= 0.3 is 6.03 Å². The largest absolute Gasteiger partial charge is 0.493 e. The van der Waals surface area contributed by atoms with Gasteiger partial charge in [0, 0.05) is 20.1 Å². The van der Waals surface area contributed by atoms with Crippen molar-refractivity contribution in [2.24, 2.45) is 4.99 Å². The van der Waals surface area contributed by atoms with E-state index >= 15 is 0 Å². The first-order chi connectivity index (χ1) is 13.5. The number of aliphatic imine (C=N–C) groups is 1. The van der Waals surface area contributed by atoms with Gasteiger partial charge in [-0.1, -0.05) is 12.1 Å². The van der Waals surface area contributed by atoms with Crippen LogP contribution in [0, 0.1) is 0 Å². The number of benzene rings is 1. The number of rotatable bonds is 6. The molecule has 0 radical (unpaired) electrons. The van der Waals surface area contributed by atoms with E-state index in [1.807, 2.05) is 49.2 Å². The first kappa shape index (κ1) is 19.7. The van der Waals surface area contributed by atoms with E-state index in [9.17, 15) is 9.59 Å². The maximum atomic E-state index is 12.8. The second-order valence-corrected chi connectivity index (χ2v) is 6.56. The predicted octanol–water partition coefficient (Wildman–Crippen LogP) is 2.06. The number of fused-ring (bicyclic) bond motifs is 1. The number of amides is 3. The highest BCUT2D eigenvalue weighted by Crippen LogP contribution is 2.30. The van der Waals surface area contributed by atoms with Crippen molar-refractivity contribution in [3.05, 3.63) is 29.8 Å². The van der Waals surface area contributed by atoms with Crippen molar-refractivity contribution in [2.45, 2.75) is 26.1 Å². The summed E-state index contributed by atoms with van der Waals surface area (Å²) in [6.45, 7) is 4.54. The number of methoxy groups -OCH3 is 2. The maximum Gasteiger partial charge on any atom is 0.328 e. The summed E-state index contributed by atoms with van der Waals surface area (Å²) in [5.41, 5.74) is 0.911. The lowest BCUT2D eigenvalue weighted by atomic mass is 10.1. The lowest BCUT2D eigenvalue weighted by Gasteiger charge is -2.41. The van der Waals surface area contributed by atoms with E-state index in [0.717, 1.165) is 5.56 Å². The molecule has 8 heteroatoms. The Morgan fingerprint density at radius 2 is 1.79 bits per heavy atom. The molecule has 8 nitrogen and oxygen atoms in total. The predicted molar refractivity (Wildman–Crippen MR) is 107 cm³/mol. The zero-order valence-electron chi connectivity index (χ0n) is 16.9. The Balaban J connectivity index is 1.88. The number of hydrogen-bond donors (Lipinski definition) is 0. The van der Waals surface area contributed by atoms with Crippen LogP contribution in [0.25, 0.3) is 6.08 Å². The molecule has 2 atom stereocenters. The molecule has 0 spiro atoms. The number of imide groups is 1. The van der Waals surface area contributed by atoms with Crippen LogP contribution < -0.4 is 9.47 Å². The van der Waals surface area contributed by atoms with Crippen molar-refractivity contribution < 1.29 is 19.1 Å². The Labute approximate surface area is 165 Å². The van der Waals surface area contributed by atoms with Gasteiger partial charge in [-0.25, -0.2) is 9.79 Å². The summed E-state index contributed by atoms with van der Waals surface area (Å²) in [6.07, 6.45) is 3.25. The summed E-state index contributed by atoms with van der Waals surface area (Å²) in [5.74, 6) is 1.74. The van der Waals surface area contributed by atoms with Crippen LogP contribution in [-0.2, 0) is 4.79 Å². The van der Waals surface area contributed by atoms with Crippen LogP contribution in [0.5, 0.6) is 11.5 Å². The Kier molecular flexibility index (Phi) is 5.58. The minimum Gasteiger partial charge on any atom is -0.493 e. The Morgan fingerprint density at radius 3 is 2.39 bits per heavy atom. The van der Waals surface area contributed by atoms with E-state index < -0.39 is 12.2 Å². The molecule has 2 aliphatic rings. The highest BCUT2D eigenvalue weighted by molar-refractivity contribution is 6.07. The summed E-state index contributed by atoms with van der Waals surface area (Å²) in [4.78, 5) is 34.8. The fourth-order valence-electron chi connectivity index (χ4n) is 3.60. The highest BCUT2D eigenvalue weighted by atomic mass is 16.5. The van der Waals surface area contributed by atoms with Crippen molar-refractivity contribution >= 4 is 23.8 Å². The minimum atomic E-state index is -0.498. The van der Waals surface area contributed by atoms with E-state index in [1.165, 1.54) is 4.90 Å². The number of ether oxygens (including phenoxy) is 2. The van der Waals surface area contributed by atoms with Gasteiger partial charge in [-0.3, -0.25) is 14.6 Å². The minimum absolute atomic E-state index is 0.206. The molecule has 0 N–H and O–H groups in total. The lowest BCUT2D eigenvalue weighted by Crippen LogP contribution is -2.65. The summed E-state index contributed by atoms with van der Waals surface area (Å²) >= 11 is 0. The molecular formula is C20H26N4O4. The average molecular weight is 386 g/mol. The number of amidine groups is 1. The number of carbonyl (C=O) groups is 2. The molecule has 0 aliphatic carbocycles. The molecule has 2 aliphatic heterocycles. The van der Waals surface area contributed by atoms with Crippen LogP contribution in [-0.4, -0.2) is 79.0 Å². The quantitative estimate of drug-likeness (QED) is 0.748. The van der Waals surface area contributed by atoms with Crippen LogP contribution >= 0.6 is 0 Å². The number of hydrogen-bond acceptors (Lipinski definition) is 6. The number of urea groups is 1. The Hall–Kier alpha value is -3.03. The molecule has 1 saturated heterocycles. The molecule has 2 unspecified atom stereocenters. The normalized spacial score (nSPS) is 22.0. The molecule has 0 saturated carbocycles. The number of likely N-dealkylation sites (N-methyl/N-ethyl adjacent to an activating group) is 3. The van der Waals surface area contributed by atoms with Crippen LogP contribution in [0.1, 0.15) is 19.4 Å². The molecule has 1 aromatic carbocycles. The molecule has 1 aromatic rings. The van der Waals surface area contributed by atoms with Crippen LogP contribution in [0.4, 0.5) is 4.79 Å². The lowest BCUT2D eigenvalue weighted by molar-refractivity contribution is -0.137. The first-order valence-corrected chi connectivity index (χ1v) is 9.29. The number of carbonyl (C=O) groups excluding carboxylic acids is 2. The second-order valence-electron chi connectivity index (χ2n) is 6.56. The monoisotopic (exact) mass is 386 g/mol. The highest BCUT2D eigenvalue weighted by Gasteiger charge is 2.50. The van der Waals surface area contributed by atoms with Crippen molar-refractivity contribution in [2.75, 3.05) is 34.4 Å². The zero-order chi connectivity index (χ0) is 20.4. The van der Waals surface area contributed by atoms with Crippen molar-refractivity contribution in [3.63, 3.8) is 0 Å². The SMILES string of the molecule is CCN1C(=O)C2C(N=C(C=Cc3ccc(OC)c(OC)c3)N2C)N(CC)C1=O. The van der Waals surface area contributed by atoms with Gasteiger partial charge in [0.25, 0.3) is 5.91 Å². The van der Waals surface area contributed by atoms with Crippen molar-refractivity contribution in [1.29, 1.82) is 0 Å². The molecular weight excluding hydrogens is 360 g/mol. The molecule has 2 heterocycles. The van der Waals surface area contributed by atoms with Crippen molar-refractivity contribution in [3.8, 4) is 11.5 Å². The van der Waals surface area contributed by atoms with Gasteiger partial charge in [-0.05, 0) is 37.6 Å². The third-order valence-corrected chi connectivity index (χ3v) is 5.13. The molecule has 28 heavy (non-hydrogen) atoms. The second kappa shape index (κ2) is 7.92. The van der Waals surface area contributed by atoms with Crippen LogP contribution in [0.3, 0.4) is 0 Å². The third-order valence-electron chi connectivity index (χ3n) is 5.13. The van der Waals surface area contributed by atoms with Gasteiger partial charge in [0.05, 0.1) is 14.2 Å². The van der Waals surface area contributed by atoms with Crippen LogP contribution in [0.2, 0.25) is 0 Å². The number of nitrogens with zero attached hydrogens (tertiary/aromatic N) is 4. The Bertz CT molecular complexity index is 835. The molecule has 0 bridgehead atoms. The van der Waals surface area contributed by atoms with E-state index in [4.69, 9.17) is 9.47 Å². The first-order valence-electron chi connectivity index (χ1n) is 9.29. The molecule has 0 aromatic heterocycles. The van der Waals surface area contributed by atoms with Crippen LogP contribution in [0.15, 0.2) is 29.3 Å². The smallest absolute Gasteiger partial charge is 0.328 e. The van der Waals surface area contributed by atoms with E-state index in [1.54, 1.807) is 26.0 Å². The van der Waals surface area contributed by atoms with Crippen molar-refractivity contribution in [1.82, 2.24) is 14.7 Å². The zero-order valence-corrected chi connectivity index (χ0v) is 16.9. The van der Waals surface area contributed by atoms with E-state index in [-0.39, 0.29) is 11.9 Å². The van der Waals surface area contributed by atoms with E-state index in [2.05, 4.69) is 4.99 Å².